The molecule has 0 radical (unpaired) electrons. The summed E-state index contributed by atoms with van der Waals surface area (Å²) in [5.74, 6) is -1.40. The zero-order valence-corrected chi connectivity index (χ0v) is 13.1. The van der Waals surface area contributed by atoms with Crippen LogP contribution in [0.5, 0.6) is 0 Å². The lowest BCUT2D eigenvalue weighted by atomic mass is 10.1. The van der Waals surface area contributed by atoms with Gasteiger partial charge in [-0.3, -0.25) is 0 Å². The number of nitrogens with zero attached hydrogens (tertiary/aromatic N) is 1. The second-order valence-corrected chi connectivity index (χ2v) is 6.94. The third-order valence-corrected chi connectivity index (χ3v) is 3.69. The van der Waals surface area contributed by atoms with Crippen LogP contribution in [-0.4, -0.2) is 39.0 Å². The predicted octanol–water partition coefficient (Wildman–Crippen LogP) is 1.85. The van der Waals surface area contributed by atoms with Gasteiger partial charge < -0.3 is 20.0 Å². The SMILES string of the molecule is CC(C)(C)OC(=O)N[C@@]1(C(=O)O)C[C@@H]1[C@H]1CC(Br)=NO1. The van der Waals surface area contributed by atoms with Gasteiger partial charge in [-0.25, -0.2) is 9.59 Å². The highest BCUT2D eigenvalue weighted by Gasteiger charge is 2.66. The molecule has 2 aliphatic rings. The van der Waals surface area contributed by atoms with E-state index in [4.69, 9.17) is 9.57 Å². The molecule has 0 aromatic heterocycles. The third-order valence-electron chi connectivity index (χ3n) is 3.23. The summed E-state index contributed by atoms with van der Waals surface area (Å²) in [4.78, 5) is 28.4. The Balaban J connectivity index is 2.00. The molecule has 1 heterocycles. The van der Waals surface area contributed by atoms with E-state index in [-0.39, 0.29) is 12.0 Å². The van der Waals surface area contributed by atoms with Gasteiger partial charge in [0.15, 0.2) is 0 Å². The van der Waals surface area contributed by atoms with Gasteiger partial charge in [0.25, 0.3) is 0 Å². The lowest BCUT2D eigenvalue weighted by Gasteiger charge is -2.22. The first-order valence-electron chi connectivity index (χ1n) is 6.27. The minimum absolute atomic E-state index is 0.308. The number of carboxylic acid groups (broad SMARTS) is 1. The van der Waals surface area contributed by atoms with Gasteiger partial charge in [0, 0.05) is 12.3 Å². The van der Waals surface area contributed by atoms with Gasteiger partial charge in [0.2, 0.25) is 0 Å². The minimum Gasteiger partial charge on any atom is -0.479 e. The van der Waals surface area contributed by atoms with Crippen molar-refractivity contribution in [1.82, 2.24) is 5.32 Å². The molecule has 0 aromatic carbocycles. The Morgan fingerprint density at radius 1 is 1.55 bits per heavy atom. The molecule has 112 valence electrons. The molecule has 1 aliphatic carbocycles. The Kier molecular flexibility index (Phi) is 3.70. The first kappa shape index (κ1) is 15.1. The number of hydrogen-bond acceptors (Lipinski definition) is 5. The van der Waals surface area contributed by atoms with Gasteiger partial charge in [0.1, 0.15) is 21.9 Å². The van der Waals surface area contributed by atoms with Gasteiger partial charge in [-0.15, -0.1) is 0 Å². The molecule has 1 fully saturated rings. The van der Waals surface area contributed by atoms with Gasteiger partial charge >= 0.3 is 12.1 Å². The summed E-state index contributed by atoms with van der Waals surface area (Å²) >= 11 is 3.21. The number of hydrogen-bond donors (Lipinski definition) is 2. The molecular weight excluding hydrogens is 332 g/mol. The van der Waals surface area contributed by atoms with E-state index in [9.17, 15) is 14.7 Å². The lowest BCUT2D eigenvalue weighted by Crippen LogP contribution is -2.48. The lowest BCUT2D eigenvalue weighted by molar-refractivity contribution is -0.141. The maximum Gasteiger partial charge on any atom is 0.408 e. The Morgan fingerprint density at radius 2 is 2.20 bits per heavy atom. The van der Waals surface area contributed by atoms with Crippen LogP contribution in [0, 0.1) is 5.92 Å². The molecule has 1 saturated carbocycles. The van der Waals surface area contributed by atoms with E-state index < -0.39 is 23.2 Å². The van der Waals surface area contributed by atoms with Crippen LogP contribution in [0.1, 0.15) is 33.6 Å². The molecule has 0 saturated heterocycles. The molecule has 0 aromatic rings. The van der Waals surface area contributed by atoms with Gasteiger partial charge in [0.05, 0.1) is 0 Å². The smallest absolute Gasteiger partial charge is 0.408 e. The molecule has 2 N–H and O–H groups in total. The number of amides is 1. The van der Waals surface area contributed by atoms with Crippen LogP contribution in [-0.2, 0) is 14.4 Å². The Morgan fingerprint density at radius 3 is 2.65 bits per heavy atom. The number of alkyl carbamates (subject to hydrolysis) is 1. The Hall–Kier alpha value is -1.31. The highest BCUT2D eigenvalue weighted by Crippen LogP contribution is 2.49. The largest absolute Gasteiger partial charge is 0.479 e. The number of oxime groups is 1. The maximum absolute atomic E-state index is 11.8. The summed E-state index contributed by atoms with van der Waals surface area (Å²) in [6.07, 6.45) is -0.256. The summed E-state index contributed by atoms with van der Waals surface area (Å²) in [6, 6.07) is 0. The van der Waals surface area contributed by atoms with E-state index >= 15 is 0 Å². The molecule has 3 atom stereocenters. The van der Waals surface area contributed by atoms with Gasteiger partial charge in [-0.2, -0.15) is 0 Å². The minimum atomic E-state index is -1.32. The van der Waals surface area contributed by atoms with Crippen LogP contribution in [0.2, 0.25) is 0 Å². The monoisotopic (exact) mass is 348 g/mol. The topological polar surface area (TPSA) is 97.2 Å². The molecule has 0 bridgehead atoms. The third kappa shape index (κ3) is 3.05. The van der Waals surface area contributed by atoms with Gasteiger partial charge in [-0.05, 0) is 43.1 Å². The summed E-state index contributed by atoms with van der Waals surface area (Å²) in [5, 5.41) is 15.6. The number of carbonyl (C=O) groups is 2. The van der Waals surface area contributed by atoms with Crippen LogP contribution in [0.15, 0.2) is 5.16 Å². The molecule has 1 aliphatic heterocycles. The van der Waals surface area contributed by atoms with E-state index in [0.29, 0.717) is 17.5 Å². The van der Waals surface area contributed by atoms with Crippen molar-refractivity contribution in [3.8, 4) is 0 Å². The highest BCUT2D eigenvalue weighted by molar-refractivity contribution is 9.18. The molecule has 0 unspecified atom stereocenters. The van der Waals surface area contributed by atoms with Crippen molar-refractivity contribution >= 4 is 32.6 Å². The van der Waals surface area contributed by atoms with Crippen molar-refractivity contribution < 1.29 is 24.3 Å². The van der Waals surface area contributed by atoms with E-state index in [1.54, 1.807) is 20.8 Å². The van der Waals surface area contributed by atoms with Crippen molar-refractivity contribution in [3.05, 3.63) is 0 Å². The normalized spacial score (nSPS) is 32.1. The number of rotatable bonds is 3. The molecule has 7 nitrogen and oxygen atoms in total. The van der Waals surface area contributed by atoms with Crippen molar-refractivity contribution in [2.45, 2.75) is 50.9 Å². The zero-order chi connectivity index (χ0) is 15.1. The molecule has 8 heteroatoms. The number of aliphatic carboxylic acids is 1. The first-order valence-corrected chi connectivity index (χ1v) is 7.06. The van der Waals surface area contributed by atoms with E-state index in [0.717, 1.165) is 0 Å². The summed E-state index contributed by atoms with van der Waals surface area (Å²) < 4.78 is 5.75. The van der Waals surface area contributed by atoms with Crippen molar-refractivity contribution in [1.29, 1.82) is 0 Å². The molecule has 1 amide bonds. The van der Waals surface area contributed by atoms with Crippen molar-refractivity contribution in [3.63, 3.8) is 0 Å². The van der Waals surface area contributed by atoms with E-state index in [1.807, 2.05) is 0 Å². The maximum atomic E-state index is 11.8. The van der Waals surface area contributed by atoms with Crippen LogP contribution in [0.4, 0.5) is 4.79 Å². The van der Waals surface area contributed by atoms with Crippen LogP contribution >= 0.6 is 15.9 Å². The second kappa shape index (κ2) is 4.91. The average Bonchev–Trinajstić information content (AvgIpc) is 2.82. The number of carboxylic acids is 1. The predicted molar refractivity (Wildman–Crippen MR) is 73.7 cm³/mol. The van der Waals surface area contributed by atoms with E-state index in [1.165, 1.54) is 0 Å². The molecular formula is C12H17BrN2O5. The quantitative estimate of drug-likeness (QED) is 0.811. The van der Waals surface area contributed by atoms with Crippen LogP contribution in [0.25, 0.3) is 0 Å². The fourth-order valence-corrected chi connectivity index (χ4v) is 2.65. The average molecular weight is 349 g/mol. The first-order chi connectivity index (χ1) is 9.14. The standard InChI is InChI=1S/C12H17BrN2O5/c1-11(2,3)19-10(18)14-12(9(16)17)5-6(12)7-4-8(13)15-20-7/h6-7H,4-5H2,1-3H3,(H,14,18)(H,16,17)/t6-,7-,12+/m1/s1. The number of halogens is 1. The fraction of sp³-hybridized carbons (Fsp3) is 0.750. The molecule has 2 rings (SSSR count). The van der Waals surface area contributed by atoms with Crippen LogP contribution < -0.4 is 5.32 Å². The Labute approximate surface area is 124 Å². The summed E-state index contributed by atoms with van der Waals surface area (Å²) in [5.41, 5.74) is -2.00. The Bertz CT molecular complexity index is 473. The zero-order valence-electron chi connectivity index (χ0n) is 11.5. The highest BCUT2D eigenvalue weighted by atomic mass is 79.9. The van der Waals surface area contributed by atoms with Gasteiger partial charge in [-0.1, -0.05) is 5.16 Å². The summed E-state index contributed by atoms with van der Waals surface area (Å²) in [6.45, 7) is 5.15. The number of carbonyl (C=O) groups excluding carboxylic acids is 1. The molecule has 0 spiro atoms. The molecule has 20 heavy (non-hydrogen) atoms. The van der Waals surface area contributed by atoms with Crippen molar-refractivity contribution in [2.24, 2.45) is 11.1 Å². The summed E-state index contributed by atoms with van der Waals surface area (Å²) in [7, 11) is 0. The number of nitrogens with one attached hydrogen (secondary N) is 1. The van der Waals surface area contributed by atoms with Crippen LogP contribution in [0.3, 0.4) is 0 Å². The van der Waals surface area contributed by atoms with E-state index in [2.05, 4.69) is 26.4 Å². The fourth-order valence-electron chi connectivity index (χ4n) is 2.25. The number of ether oxygens (including phenoxy) is 1. The second-order valence-electron chi connectivity index (χ2n) is 6.03. The van der Waals surface area contributed by atoms with Crippen molar-refractivity contribution in [2.75, 3.05) is 0 Å².